The molecule has 0 spiro atoms. The zero-order chi connectivity index (χ0) is 60.1. The van der Waals surface area contributed by atoms with Gasteiger partial charge in [0.2, 0.25) is 0 Å². The van der Waals surface area contributed by atoms with Gasteiger partial charge in [-0.3, -0.25) is 4.79 Å². The third-order valence-electron chi connectivity index (χ3n) is 18.0. The third-order valence-corrected chi connectivity index (χ3v) is 35.7. The van der Waals surface area contributed by atoms with Crippen LogP contribution < -0.4 is 18.3 Å². The summed E-state index contributed by atoms with van der Waals surface area (Å²) in [6.07, 6.45) is 5.91. The van der Waals surface area contributed by atoms with Gasteiger partial charge in [-0.1, -0.05) is 101 Å². The number of allylic oxidation sites excluding steroid dienone is 2. The van der Waals surface area contributed by atoms with Crippen LogP contribution in [-0.2, 0) is 53.9 Å². The summed E-state index contributed by atoms with van der Waals surface area (Å²) in [6.45, 7) is 53.5. The second-order valence-corrected chi connectivity index (χ2v) is 46.7. The lowest BCUT2D eigenvalue weighted by atomic mass is 9.90. The summed E-state index contributed by atoms with van der Waals surface area (Å²) < 4.78 is 54.1. The lowest BCUT2D eigenvalue weighted by Crippen LogP contribution is -2.44. The van der Waals surface area contributed by atoms with E-state index >= 15 is 0 Å². The molecule has 2 aliphatic heterocycles. The average molecular weight is 1160 g/mol. The van der Waals surface area contributed by atoms with Crippen LogP contribution in [0.1, 0.15) is 170 Å². The minimum Gasteiger partial charge on any atom is -0.543 e. The molecule has 0 aromatic heterocycles. The maximum absolute atomic E-state index is 13.0. The molecular weight excluding hydrogens is 1050 g/mol. The van der Waals surface area contributed by atoms with E-state index in [1.165, 1.54) is 7.11 Å². The molecule has 0 fully saturated rings. The van der Waals surface area contributed by atoms with Crippen molar-refractivity contribution < 1.29 is 60.9 Å². The van der Waals surface area contributed by atoms with Gasteiger partial charge < -0.3 is 46.5 Å². The molecule has 2 atom stereocenters. The Labute approximate surface area is 475 Å². The Hall–Kier alpha value is -3.72. The maximum Gasteiger partial charge on any atom is 0.342 e. The van der Waals surface area contributed by atoms with Crippen molar-refractivity contribution in [1.29, 1.82) is 0 Å². The molecule has 1 N–H and O–H groups in total. The first-order chi connectivity index (χ1) is 35.4. The number of cyclic esters (lactones) is 2. The molecule has 0 radical (unpaired) electrons. The van der Waals surface area contributed by atoms with Crippen LogP contribution in [0.3, 0.4) is 0 Å². The fourth-order valence-electron chi connectivity index (χ4n) is 8.25. The highest BCUT2D eigenvalue weighted by atomic mass is 28.4. The highest BCUT2D eigenvalue weighted by Crippen LogP contribution is 2.49. The average Bonchev–Trinajstić information content (AvgIpc) is 3.89. The largest absolute Gasteiger partial charge is 0.543 e. The van der Waals surface area contributed by atoms with Crippen molar-refractivity contribution in [3.05, 3.63) is 67.8 Å². The number of rotatable bonds is 22. The van der Waals surface area contributed by atoms with Crippen LogP contribution in [0.15, 0.2) is 23.3 Å². The van der Waals surface area contributed by atoms with Crippen molar-refractivity contribution in [3.8, 4) is 23.0 Å². The number of ether oxygens (including phenoxy) is 5. The smallest absolute Gasteiger partial charge is 0.342 e. The number of methoxy groups -OCH3 is 3. The number of aliphatic hydroxyl groups excluding tert-OH is 1. The maximum atomic E-state index is 13.0. The monoisotopic (exact) mass is 1160 g/mol. The van der Waals surface area contributed by atoms with Gasteiger partial charge in [0.05, 0.1) is 33.9 Å². The van der Waals surface area contributed by atoms with Crippen molar-refractivity contribution in [3.63, 3.8) is 0 Å². The van der Waals surface area contributed by atoms with Crippen LogP contribution in [0, 0.1) is 19.8 Å². The van der Waals surface area contributed by atoms with E-state index < -0.39 is 39.4 Å². The molecule has 2 unspecified atom stereocenters. The Morgan fingerprint density at radius 3 is 1.38 bits per heavy atom. The fourth-order valence-corrected chi connectivity index (χ4v) is 12.5. The molecule has 0 saturated carbocycles. The number of carbonyl (C=O) groups excluding carboxylic acids is 3. The van der Waals surface area contributed by atoms with Crippen LogP contribution >= 0.6 is 0 Å². The minimum absolute atomic E-state index is 0.0385. The number of aliphatic hydroxyl groups is 1. The van der Waals surface area contributed by atoms with Crippen LogP contribution in [0.25, 0.3) is 0 Å². The quantitative estimate of drug-likeness (QED) is 0.0391. The first kappa shape index (κ1) is 68.5. The van der Waals surface area contributed by atoms with Crippen molar-refractivity contribution in [2.24, 2.45) is 5.92 Å². The zero-order valence-corrected chi connectivity index (χ0v) is 57.5. The summed E-state index contributed by atoms with van der Waals surface area (Å²) in [5, 5.41) is 11.4. The highest BCUT2D eigenvalue weighted by Gasteiger charge is 2.45. The molecule has 4 rings (SSSR count). The van der Waals surface area contributed by atoms with Crippen molar-refractivity contribution in [2.75, 3.05) is 34.5 Å². The van der Waals surface area contributed by atoms with Crippen LogP contribution in [0.5, 0.6) is 23.0 Å². The Bertz CT molecular complexity index is 2530. The molecule has 2 aliphatic rings. The molecule has 0 aliphatic carbocycles. The fraction of sp³-hybridized carbons (Fsp3) is 0.689. The zero-order valence-electron chi connectivity index (χ0n) is 53.5. The van der Waals surface area contributed by atoms with Crippen molar-refractivity contribution >= 4 is 51.2 Å². The molecular formula is C61H104O13Si4. The van der Waals surface area contributed by atoms with E-state index in [9.17, 15) is 19.5 Å². The summed E-state index contributed by atoms with van der Waals surface area (Å²) in [7, 11) is -3.65. The molecule has 442 valence electrons. The summed E-state index contributed by atoms with van der Waals surface area (Å²) in [4.78, 5) is 38.2. The molecule has 2 aromatic rings. The Kier molecular flexibility index (Phi) is 22.9. The van der Waals surface area contributed by atoms with Gasteiger partial charge in [0.15, 0.2) is 16.6 Å². The van der Waals surface area contributed by atoms with Gasteiger partial charge in [-0.25, -0.2) is 9.59 Å². The molecule has 13 nitrogen and oxygen atoms in total. The Morgan fingerprint density at radius 1 is 0.590 bits per heavy atom. The molecule has 2 heterocycles. The molecule has 0 bridgehead atoms. The Balaban J connectivity index is 0.000000412. The van der Waals surface area contributed by atoms with Gasteiger partial charge in [-0.05, 0) is 142 Å². The van der Waals surface area contributed by atoms with E-state index in [0.29, 0.717) is 60.2 Å². The SMILES string of the molecule is COC(=O)CC(CCO[Si](C)(C)C(C)(C)C)/C(C)=C/Cc1c(OC)c(C)c2c(c1O[Si](C)(C)C(C)(C)C)C(=O)OC2.COc1c(C)c2c(c(O[Si](C)(C)C(C)(C)C)c1CC(O)/C(C)=C/CCO[Si](C)(C)C(C)(C)C)C(=O)OC2. The van der Waals surface area contributed by atoms with Crippen LogP contribution in [0.2, 0.25) is 72.5 Å². The van der Waals surface area contributed by atoms with Crippen molar-refractivity contribution in [1.82, 2.24) is 0 Å². The molecule has 0 amide bonds. The summed E-state index contributed by atoms with van der Waals surface area (Å²) in [5.74, 6) is 1.44. The number of carbonyl (C=O) groups is 3. The predicted octanol–water partition coefficient (Wildman–Crippen LogP) is 15.5. The van der Waals surface area contributed by atoms with Gasteiger partial charge >= 0.3 is 17.9 Å². The highest BCUT2D eigenvalue weighted by molar-refractivity contribution is 6.75. The van der Waals surface area contributed by atoms with E-state index in [1.54, 1.807) is 14.2 Å². The third kappa shape index (κ3) is 16.3. The normalized spacial score (nSPS) is 15.6. The van der Waals surface area contributed by atoms with Crippen LogP contribution in [-0.4, -0.2) is 96.9 Å². The second kappa shape index (κ2) is 26.0. The minimum atomic E-state index is -2.32. The van der Waals surface area contributed by atoms with E-state index in [4.69, 9.17) is 41.4 Å². The number of hydrogen-bond acceptors (Lipinski definition) is 13. The lowest BCUT2D eigenvalue weighted by molar-refractivity contribution is -0.141. The number of benzene rings is 2. The van der Waals surface area contributed by atoms with E-state index in [2.05, 4.69) is 148 Å². The molecule has 0 saturated heterocycles. The van der Waals surface area contributed by atoms with Gasteiger partial charge in [0.1, 0.15) is 47.3 Å². The number of fused-ring (bicyclic) bond motifs is 2. The van der Waals surface area contributed by atoms with Crippen molar-refractivity contribution in [2.45, 2.75) is 235 Å². The van der Waals surface area contributed by atoms with Gasteiger partial charge in [0, 0.05) is 41.9 Å². The standard InChI is InChI=1S/C32H54O7Si2.C29H50O6Si2/c1-21(23(19-26(33)35-9)17-18-38-40(11,12)31(3,4)5)15-16-24-28(36-10)22(2)25-20-37-30(34)27(25)29(24)39-41(13,14)32(6,7)8;1-19(15-14-16-34-36(10,11)28(3,4)5)23(30)17-21-25(32-9)20(2)22-18-33-27(31)24(22)26(21)35-37(12,13)29(6,7)8/h15,23H,16-20H2,1-14H3;15,23,30H,14,16-18H2,1-13H3/b21-15+;19-15+. The summed E-state index contributed by atoms with van der Waals surface area (Å²) in [5.41, 5.74) is 7.87. The molecule has 78 heavy (non-hydrogen) atoms. The molecule has 17 heteroatoms. The predicted molar refractivity (Wildman–Crippen MR) is 326 cm³/mol. The first-order valence-electron chi connectivity index (χ1n) is 28.0. The number of hydrogen-bond donors (Lipinski definition) is 1. The Morgan fingerprint density at radius 2 is 0.987 bits per heavy atom. The topological polar surface area (TPSA) is 155 Å². The van der Waals surface area contributed by atoms with E-state index in [1.807, 2.05) is 26.8 Å². The second-order valence-electron chi connectivity index (χ2n) is 27.6. The summed E-state index contributed by atoms with van der Waals surface area (Å²) >= 11 is 0. The van der Waals surface area contributed by atoms with Gasteiger partial charge in [-0.15, -0.1) is 0 Å². The number of esters is 3. The molecule has 2 aromatic carbocycles. The van der Waals surface area contributed by atoms with E-state index in [-0.39, 0.29) is 70.0 Å². The summed E-state index contributed by atoms with van der Waals surface area (Å²) in [6, 6.07) is 0. The van der Waals surface area contributed by atoms with E-state index in [0.717, 1.165) is 50.9 Å². The lowest BCUT2D eigenvalue weighted by Gasteiger charge is -2.38. The first-order valence-corrected chi connectivity index (χ1v) is 39.6. The van der Waals surface area contributed by atoms with Gasteiger partial charge in [0.25, 0.3) is 16.6 Å². The van der Waals surface area contributed by atoms with Gasteiger partial charge in [-0.2, -0.15) is 0 Å². The van der Waals surface area contributed by atoms with Crippen LogP contribution in [0.4, 0.5) is 0 Å².